The molecule has 14 heteroatoms. The molecule has 1 amide bonds. The van der Waals surface area contributed by atoms with E-state index < -0.39 is 9.84 Å². The largest absolute Gasteiger partial charge is 0.418 e. The molecule has 3 aromatic heterocycles. The van der Waals surface area contributed by atoms with Crippen LogP contribution in [0.3, 0.4) is 0 Å². The third-order valence-corrected chi connectivity index (χ3v) is 10.8. The summed E-state index contributed by atoms with van der Waals surface area (Å²) in [5, 5.41) is 6.96. The summed E-state index contributed by atoms with van der Waals surface area (Å²) in [6, 6.07) is 3.77. The number of anilines is 1. The summed E-state index contributed by atoms with van der Waals surface area (Å²) in [4.78, 5) is 33.1. The number of amides is 1. The highest BCUT2D eigenvalue weighted by Gasteiger charge is 2.48. The first-order chi connectivity index (χ1) is 18.2. The quantitative estimate of drug-likeness (QED) is 0.351. The zero-order valence-corrected chi connectivity index (χ0v) is 22.5. The van der Waals surface area contributed by atoms with Gasteiger partial charge in [-0.15, -0.1) is 11.3 Å². The number of halogens is 1. The molecular weight excluding hydrogens is 550 g/mol. The molecule has 0 spiro atoms. The average molecular weight is 572 g/mol. The van der Waals surface area contributed by atoms with Crippen LogP contribution < -0.4 is 15.4 Å². The molecule has 38 heavy (non-hydrogen) atoms. The standard InChI is InChI=1S/C24H22ClN7O4S2/c1-11-5-26-20-18-16(37-21(20)22(33)29-11)3-2-15-19(18)27-7-17(30-15)36-23-12(6-28-24(25)31-23)8-32-9-14-4-13(32)10-38(14,34)35/h2-3,6-7,11,13-14,26H,4-5,8-10H2,1H3,(H,29,33). The maximum atomic E-state index is 12.7. The summed E-state index contributed by atoms with van der Waals surface area (Å²) < 4.78 is 31.3. The number of carbonyl (C=O) groups is 1. The van der Waals surface area contributed by atoms with Crippen LogP contribution in [0.15, 0.2) is 24.5 Å². The molecule has 4 aromatic rings. The number of hydrogen-bond acceptors (Lipinski definition) is 11. The number of thiophene rings is 1. The van der Waals surface area contributed by atoms with E-state index in [1.165, 1.54) is 17.5 Å². The molecule has 6 heterocycles. The first-order valence-electron chi connectivity index (χ1n) is 12.2. The van der Waals surface area contributed by atoms with E-state index in [4.69, 9.17) is 16.3 Å². The SMILES string of the molecule is CC1CNc2c(sc3ccc4nc(Oc5nc(Cl)ncc5CN5CC6CC5CS6(=O)=O)cnc4c23)C(=O)N1. The van der Waals surface area contributed by atoms with Crippen molar-refractivity contribution in [3.05, 3.63) is 40.3 Å². The Bertz CT molecular complexity index is 1740. The van der Waals surface area contributed by atoms with Crippen molar-refractivity contribution in [2.24, 2.45) is 0 Å². The van der Waals surface area contributed by atoms with Gasteiger partial charge in [0.2, 0.25) is 17.0 Å². The van der Waals surface area contributed by atoms with Crippen LogP contribution in [-0.2, 0) is 16.4 Å². The predicted octanol–water partition coefficient (Wildman–Crippen LogP) is 3.00. The van der Waals surface area contributed by atoms with Crippen molar-refractivity contribution in [2.45, 2.75) is 37.2 Å². The number of aromatic nitrogens is 4. The number of ether oxygens (including phenoxy) is 1. The van der Waals surface area contributed by atoms with Crippen LogP contribution in [0.4, 0.5) is 5.69 Å². The Hall–Kier alpha value is -3.13. The van der Waals surface area contributed by atoms with Gasteiger partial charge in [0.25, 0.3) is 5.91 Å². The molecule has 7 rings (SSSR count). The molecule has 3 atom stereocenters. The highest BCUT2D eigenvalue weighted by molar-refractivity contribution is 7.92. The first-order valence-corrected chi connectivity index (χ1v) is 15.1. The smallest absolute Gasteiger partial charge is 0.263 e. The molecule has 3 aliphatic rings. The van der Waals surface area contributed by atoms with Gasteiger partial charge in [-0.3, -0.25) is 9.69 Å². The fourth-order valence-corrected chi connectivity index (χ4v) is 8.78. The van der Waals surface area contributed by atoms with Crippen LogP contribution in [0.1, 0.15) is 28.6 Å². The van der Waals surface area contributed by atoms with Crippen molar-refractivity contribution in [2.75, 3.05) is 24.2 Å². The highest BCUT2D eigenvalue weighted by Crippen LogP contribution is 2.41. The third-order valence-electron chi connectivity index (χ3n) is 7.30. The van der Waals surface area contributed by atoms with Crippen LogP contribution in [0, 0.1) is 0 Å². The van der Waals surface area contributed by atoms with Gasteiger partial charge in [-0.2, -0.15) is 4.98 Å². The normalized spacial score (nSPS) is 24.3. The summed E-state index contributed by atoms with van der Waals surface area (Å²) in [6.45, 7) is 3.49. The van der Waals surface area contributed by atoms with E-state index in [9.17, 15) is 13.2 Å². The monoisotopic (exact) mass is 571 g/mol. The van der Waals surface area contributed by atoms with Gasteiger partial charge in [0.05, 0.1) is 33.9 Å². The van der Waals surface area contributed by atoms with E-state index in [0.717, 1.165) is 15.8 Å². The van der Waals surface area contributed by atoms with E-state index in [-0.39, 0.29) is 46.0 Å². The number of sulfone groups is 1. The van der Waals surface area contributed by atoms with Gasteiger partial charge in [-0.1, -0.05) is 0 Å². The Morgan fingerprint density at radius 1 is 1.24 bits per heavy atom. The molecular formula is C24H22ClN7O4S2. The molecule has 2 bridgehead atoms. The second-order valence-electron chi connectivity index (χ2n) is 9.92. The maximum Gasteiger partial charge on any atom is 0.263 e. The molecule has 0 radical (unpaired) electrons. The van der Waals surface area contributed by atoms with Gasteiger partial charge in [0.15, 0.2) is 9.84 Å². The van der Waals surface area contributed by atoms with Crippen molar-refractivity contribution in [3.8, 4) is 11.8 Å². The number of rotatable bonds is 4. The van der Waals surface area contributed by atoms with Gasteiger partial charge < -0.3 is 15.4 Å². The van der Waals surface area contributed by atoms with Crippen LogP contribution in [-0.4, -0.2) is 75.3 Å². The lowest BCUT2D eigenvalue weighted by Gasteiger charge is -2.26. The lowest BCUT2D eigenvalue weighted by Crippen LogP contribution is -2.40. The van der Waals surface area contributed by atoms with E-state index >= 15 is 0 Å². The molecule has 2 fully saturated rings. The van der Waals surface area contributed by atoms with Crippen LogP contribution >= 0.6 is 22.9 Å². The van der Waals surface area contributed by atoms with Crippen molar-refractivity contribution >= 4 is 65.5 Å². The fraction of sp³-hybridized carbons (Fsp3) is 0.375. The number of nitrogens with one attached hydrogen (secondary N) is 2. The first kappa shape index (κ1) is 23.9. The minimum absolute atomic E-state index is 0.00670. The van der Waals surface area contributed by atoms with Gasteiger partial charge in [0.1, 0.15) is 4.88 Å². The molecule has 3 aliphatic heterocycles. The molecule has 11 nitrogen and oxygen atoms in total. The number of benzene rings is 1. The van der Waals surface area contributed by atoms with E-state index in [1.54, 1.807) is 6.20 Å². The van der Waals surface area contributed by atoms with E-state index in [2.05, 4.69) is 35.5 Å². The molecule has 3 unspecified atom stereocenters. The molecule has 0 aliphatic carbocycles. The second-order valence-corrected chi connectivity index (χ2v) is 13.6. The van der Waals surface area contributed by atoms with Crippen LogP contribution in [0.25, 0.3) is 21.1 Å². The molecule has 2 saturated heterocycles. The van der Waals surface area contributed by atoms with E-state index in [0.29, 0.717) is 47.5 Å². The minimum Gasteiger partial charge on any atom is -0.418 e. The number of carbonyl (C=O) groups excluding carboxylic acids is 1. The zero-order chi connectivity index (χ0) is 26.2. The Kier molecular flexibility index (Phi) is 5.48. The van der Waals surface area contributed by atoms with Crippen LogP contribution in [0.2, 0.25) is 5.28 Å². The van der Waals surface area contributed by atoms with Crippen molar-refractivity contribution in [1.29, 1.82) is 0 Å². The summed E-state index contributed by atoms with van der Waals surface area (Å²) in [7, 11) is -2.99. The van der Waals surface area contributed by atoms with Gasteiger partial charge in [-0.05, 0) is 37.1 Å². The Morgan fingerprint density at radius 2 is 2.11 bits per heavy atom. The molecule has 1 aromatic carbocycles. The van der Waals surface area contributed by atoms with Crippen molar-refractivity contribution in [1.82, 2.24) is 30.2 Å². The molecule has 196 valence electrons. The van der Waals surface area contributed by atoms with Gasteiger partial charge in [-0.25, -0.2) is 23.4 Å². The lowest BCUT2D eigenvalue weighted by molar-refractivity contribution is 0.0949. The summed E-state index contributed by atoms with van der Waals surface area (Å²) >= 11 is 7.50. The van der Waals surface area contributed by atoms with E-state index in [1.807, 2.05) is 19.1 Å². The van der Waals surface area contributed by atoms with Gasteiger partial charge >= 0.3 is 0 Å². The topological polar surface area (TPSA) is 139 Å². The minimum atomic E-state index is -2.99. The Labute approximate surface area is 226 Å². The summed E-state index contributed by atoms with van der Waals surface area (Å²) in [6.07, 6.45) is 3.77. The maximum absolute atomic E-state index is 12.7. The summed E-state index contributed by atoms with van der Waals surface area (Å²) in [5.41, 5.74) is 2.73. The van der Waals surface area contributed by atoms with Crippen LogP contribution in [0.5, 0.6) is 11.8 Å². The molecule has 2 N–H and O–H groups in total. The lowest BCUT2D eigenvalue weighted by atomic mass is 10.1. The number of nitrogens with zero attached hydrogens (tertiary/aromatic N) is 5. The average Bonchev–Trinajstić information content (AvgIpc) is 3.51. The number of fused-ring (bicyclic) bond motifs is 7. The Balaban J connectivity index is 1.21. The number of likely N-dealkylation sites (tertiary alicyclic amines) is 1. The Morgan fingerprint density at radius 3 is 2.89 bits per heavy atom. The zero-order valence-electron chi connectivity index (χ0n) is 20.1. The third kappa shape index (κ3) is 3.96. The summed E-state index contributed by atoms with van der Waals surface area (Å²) in [5.74, 6) is 0.562. The predicted molar refractivity (Wildman–Crippen MR) is 144 cm³/mol. The van der Waals surface area contributed by atoms with Crippen molar-refractivity contribution < 1.29 is 17.9 Å². The number of hydrogen-bond donors (Lipinski definition) is 2. The van der Waals surface area contributed by atoms with Crippen molar-refractivity contribution in [3.63, 3.8) is 0 Å². The fourth-order valence-electron chi connectivity index (χ4n) is 5.48. The van der Waals surface area contributed by atoms with Gasteiger partial charge in [0, 0.05) is 53.6 Å². The highest BCUT2D eigenvalue weighted by atomic mass is 35.5. The second kappa shape index (κ2) is 8.70. The molecule has 0 saturated carbocycles.